The summed E-state index contributed by atoms with van der Waals surface area (Å²) in [5, 5.41) is 4.05. The van der Waals surface area contributed by atoms with Crippen LogP contribution in [0, 0.1) is 0 Å². The lowest BCUT2D eigenvalue weighted by atomic mass is 10.1. The van der Waals surface area contributed by atoms with E-state index in [2.05, 4.69) is 15.0 Å². The van der Waals surface area contributed by atoms with Crippen molar-refractivity contribution >= 4 is 22.4 Å². The number of nitrogens with zero attached hydrogens (tertiary/aromatic N) is 4. The highest BCUT2D eigenvalue weighted by Gasteiger charge is 2.31. The molecule has 7 nitrogen and oxygen atoms in total. The van der Waals surface area contributed by atoms with Gasteiger partial charge in [-0.3, -0.25) is 4.99 Å². The van der Waals surface area contributed by atoms with Gasteiger partial charge >= 0.3 is 6.36 Å². The summed E-state index contributed by atoms with van der Waals surface area (Å²) in [5.74, 6) is 0.141. The summed E-state index contributed by atoms with van der Waals surface area (Å²) in [6.07, 6.45) is -3.12. The Morgan fingerprint density at radius 2 is 1.71 bits per heavy atom. The zero-order valence-corrected chi connectivity index (χ0v) is 20.8. The lowest BCUT2D eigenvalue weighted by molar-refractivity contribution is -0.274. The van der Waals surface area contributed by atoms with E-state index in [-0.39, 0.29) is 11.8 Å². The molecule has 1 aliphatic heterocycles. The number of methoxy groups -OCH3 is 1. The van der Waals surface area contributed by atoms with Gasteiger partial charge in [-0.05, 0) is 74.5 Å². The van der Waals surface area contributed by atoms with Crippen LogP contribution in [0.2, 0.25) is 0 Å². The third kappa shape index (κ3) is 5.24. The third-order valence-electron chi connectivity index (χ3n) is 5.66. The lowest BCUT2D eigenvalue weighted by Crippen LogP contribution is -2.17. The van der Waals surface area contributed by atoms with Crippen LogP contribution in [0.3, 0.4) is 0 Å². The molecule has 0 saturated heterocycles. The van der Waals surface area contributed by atoms with Crippen molar-refractivity contribution in [3.05, 3.63) is 84.4 Å². The van der Waals surface area contributed by atoms with Gasteiger partial charge in [0.2, 0.25) is 5.88 Å². The maximum Gasteiger partial charge on any atom is 0.573 e. The highest BCUT2D eigenvalue weighted by atomic mass is 19.4. The van der Waals surface area contributed by atoms with Gasteiger partial charge in [-0.1, -0.05) is 12.1 Å². The highest BCUT2D eigenvalue weighted by molar-refractivity contribution is 5.84. The molecule has 38 heavy (non-hydrogen) atoms. The van der Waals surface area contributed by atoms with E-state index >= 15 is 0 Å². The molecule has 194 valence electrons. The minimum absolute atomic E-state index is 0.00976. The fourth-order valence-electron chi connectivity index (χ4n) is 4.20. The van der Waals surface area contributed by atoms with Crippen LogP contribution in [0.25, 0.3) is 28.1 Å². The predicted molar refractivity (Wildman–Crippen MR) is 139 cm³/mol. The molecule has 0 radical (unpaired) electrons. The lowest BCUT2D eigenvalue weighted by Gasteiger charge is -2.21. The van der Waals surface area contributed by atoms with Crippen molar-refractivity contribution in [2.24, 2.45) is 4.99 Å². The van der Waals surface area contributed by atoms with E-state index in [0.29, 0.717) is 39.5 Å². The molecule has 2 aliphatic rings. The van der Waals surface area contributed by atoms with Gasteiger partial charge in [-0.2, -0.15) is 0 Å². The molecule has 0 fully saturated rings. The van der Waals surface area contributed by atoms with Crippen molar-refractivity contribution in [2.45, 2.75) is 26.3 Å². The van der Waals surface area contributed by atoms with E-state index in [1.54, 1.807) is 31.5 Å². The fraction of sp³-hybridized carbons (Fsp3) is 0.179. The molecule has 1 N–H and O–H groups in total. The van der Waals surface area contributed by atoms with Crippen molar-refractivity contribution in [1.29, 1.82) is 0 Å². The summed E-state index contributed by atoms with van der Waals surface area (Å²) < 4.78 is 49.5. The normalized spacial score (nSPS) is 12.3. The Kier molecular flexibility index (Phi) is 6.62. The van der Waals surface area contributed by atoms with Crippen LogP contribution >= 0.6 is 0 Å². The van der Waals surface area contributed by atoms with Gasteiger partial charge in [0.1, 0.15) is 11.4 Å². The quantitative estimate of drug-likeness (QED) is 0.260. The molecule has 1 aliphatic carbocycles. The first-order valence-corrected chi connectivity index (χ1v) is 11.8. The van der Waals surface area contributed by atoms with Crippen molar-refractivity contribution in [2.75, 3.05) is 12.4 Å². The van der Waals surface area contributed by atoms with Crippen molar-refractivity contribution in [3.8, 4) is 28.7 Å². The van der Waals surface area contributed by atoms with Gasteiger partial charge in [0.15, 0.2) is 0 Å². The van der Waals surface area contributed by atoms with Gasteiger partial charge in [-0.15, -0.1) is 13.2 Å². The number of alkyl halides is 3. The Morgan fingerprint density at radius 3 is 2.42 bits per heavy atom. The predicted octanol–water partition coefficient (Wildman–Crippen LogP) is 6.49. The molecule has 2 heterocycles. The van der Waals surface area contributed by atoms with Crippen LogP contribution in [0.15, 0.2) is 84.0 Å². The summed E-state index contributed by atoms with van der Waals surface area (Å²) in [7, 11) is 1.55. The molecule has 0 atom stereocenters. The largest absolute Gasteiger partial charge is 0.573 e. The molecule has 0 amide bonds. The highest BCUT2D eigenvalue weighted by Crippen LogP contribution is 2.32. The number of pyridine rings is 1. The second kappa shape index (κ2) is 10.0. The molecule has 3 aromatic rings. The maximum atomic E-state index is 12.7. The zero-order valence-electron chi connectivity index (χ0n) is 20.8. The van der Waals surface area contributed by atoms with Gasteiger partial charge in [0.05, 0.1) is 40.6 Å². The van der Waals surface area contributed by atoms with Crippen molar-refractivity contribution in [3.63, 3.8) is 0 Å². The number of nitrogens with one attached hydrogen (secondary N) is 1. The Hall–Kier alpha value is -4.60. The van der Waals surface area contributed by atoms with Gasteiger partial charge < -0.3 is 19.4 Å². The average molecular weight is 520 g/mol. The average Bonchev–Trinajstić information content (AvgIpc) is 2.87. The number of hydrogen-bond acceptors (Lipinski definition) is 6. The Morgan fingerprint density at radius 1 is 0.947 bits per heavy atom. The standard InChI is InChI=1S/C28H24F3N5O2/c1-17(2)33-23-16-26-24(15-22(23)35-21-8-6-14-32-27(21)37-3)34-20-7-4-5-9-25(20)36(26)18-10-12-19(13-11-18)38-28(29,30)31/h4-17,35H,1-3H3. The van der Waals surface area contributed by atoms with Crippen LogP contribution in [0.1, 0.15) is 13.8 Å². The maximum absolute atomic E-state index is 12.7. The molecule has 2 aromatic carbocycles. The summed E-state index contributed by atoms with van der Waals surface area (Å²) in [6.45, 7) is 3.95. The molecule has 0 saturated carbocycles. The van der Waals surface area contributed by atoms with Crippen LogP contribution in [-0.2, 0) is 0 Å². The molecule has 0 bridgehead atoms. The second-order valence-electron chi connectivity index (χ2n) is 8.74. The molecule has 1 aromatic heterocycles. The number of hydrogen-bond donors (Lipinski definition) is 1. The number of ether oxygens (including phenoxy) is 2. The zero-order chi connectivity index (χ0) is 26.9. The summed E-state index contributed by atoms with van der Waals surface area (Å²) in [4.78, 5) is 13.9. The topological polar surface area (TPSA) is 73.6 Å². The van der Waals surface area contributed by atoms with E-state index in [9.17, 15) is 13.2 Å². The van der Waals surface area contributed by atoms with E-state index in [1.165, 1.54) is 12.1 Å². The number of fused-ring (bicyclic) bond motifs is 2. The number of para-hydroxylation sites is 2. The summed E-state index contributed by atoms with van der Waals surface area (Å²) in [6, 6.07) is 20.8. The Labute approximate surface area is 216 Å². The number of halogens is 3. The molecule has 0 spiro atoms. The first-order valence-electron chi connectivity index (χ1n) is 11.8. The van der Waals surface area contributed by atoms with Crippen molar-refractivity contribution < 1.29 is 22.6 Å². The van der Waals surface area contributed by atoms with Crippen LogP contribution in [0.5, 0.6) is 11.6 Å². The minimum atomic E-state index is -4.77. The van der Waals surface area contributed by atoms with Crippen molar-refractivity contribution in [1.82, 2.24) is 14.5 Å². The smallest absolute Gasteiger partial charge is 0.480 e. The minimum Gasteiger partial charge on any atom is -0.480 e. The van der Waals surface area contributed by atoms with Crippen LogP contribution in [-0.4, -0.2) is 34.0 Å². The molecule has 5 rings (SSSR count). The molecular formula is C28H24F3N5O2. The fourth-order valence-corrected chi connectivity index (χ4v) is 4.20. The Bertz CT molecular complexity index is 1630. The van der Waals surface area contributed by atoms with E-state index in [4.69, 9.17) is 14.7 Å². The second-order valence-corrected chi connectivity index (χ2v) is 8.74. The molecular weight excluding hydrogens is 495 g/mol. The molecule has 0 unspecified atom stereocenters. The number of aromatic nitrogens is 3. The van der Waals surface area contributed by atoms with Gasteiger partial charge in [-0.25, -0.2) is 9.97 Å². The molecule has 10 heteroatoms. The van der Waals surface area contributed by atoms with Crippen LogP contribution in [0.4, 0.5) is 24.5 Å². The third-order valence-corrected chi connectivity index (χ3v) is 5.66. The van der Waals surface area contributed by atoms with E-state index in [0.717, 1.165) is 11.2 Å². The van der Waals surface area contributed by atoms with E-state index < -0.39 is 6.36 Å². The summed E-state index contributed by atoms with van der Waals surface area (Å²) >= 11 is 0. The monoisotopic (exact) mass is 519 g/mol. The van der Waals surface area contributed by atoms with Gasteiger partial charge in [0, 0.05) is 17.9 Å². The number of rotatable bonds is 6. The summed E-state index contributed by atoms with van der Waals surface area (Å²) in [5.41, 5.74) is 4.92. The Balaban J connectivity index is 1.74. The van der Waals surface area contributed by atoms with E-state index in [1.807, 2.05) is 60.9 Å². The first-order chi connectivity index (χ1) is 18.2. The number of anilines is 2. The SMILES string of the molecule is COc1ncccc1Nc1cc2nc3ccccc3n(-c3ccc(OC(F)(F)F)cc3)c-2cc1=NC(C)C. The first kappa shape index (κ1) is 25.1. The van der Waals surface area contributed by atoms with Gasteiger partial charge in [0.25, 0.3) is 0 Å². The number of benzene rings is 3. The van der Waals surface area contributed by atoms with Crippen LogP contribution < -0.4 is 20.1 Å².